The SMILES string of the molecule is CCCCCCCCC=CCCCCCCC=COC[C@H](COP(=O)(O)OCCN)OC(=O)CCCCCCCCCCCC=CCCCCCCCC. The summed E-state index contributed by atoms with van der Waals surface area (Å²) in [5, 5.41) is 0. The van der Waals surface area contributed by atoms with E-state index in [0.717, 1.165) is 38.5 Å². The van der Waals surface area contributed by atoms with E-state index in [9.17, 15) is 14.3 Å². The van der Waals surface area contributed by atoms with Crippen LogP contribution in [0.4, 0.5) is 0 Å². The molecular formula is C45H86NO7P. The molecule has 0 heterocycles. The summed E-state index contributed by atoms with van der Waals surface area (Å²) in [6.07, 6.45) is 49.7. The molecule has 0 aliphatic carbocycles. The standard InChI is InChI=1S/C45H86NO7P/c1-3-5-7-9-11-13-15-17-19-21-22-23-24-26-28-30-32-34-36-38-45(47)53-44(43-52-54(48,49)51-41-39-46)42-50-40-37-35-33-31-29-27-25-20-18-16-14-12-10-8-6-4-2/h17-20,37,40,44H,3-16,21-36,38-39,41-43,46H2,1-2H3,(H,48,49)/t44-/m1/s1. The first kappa shape index (κ1) is 52.6. The van der Waals surface area contributed by atoms with Crippen LogP contribution in [0.15, 0.2) is 36.6 Å². The van der Waals surface area contributed by atoms with Gasteiger partial charge in [0.05, 0.1) is 19.5 Å². The van der Waals surface area contributed by atoms with Gasteiger partial charge in [-0.1, -0.05) is 160 Å². The number of carbonyl (C=O) groups excluding carboxylic acids is 1. The van der Waals surface area contributed by atoms with Crippen molar-refractivity contribution in [1.29, 1.82) is 0 Å². The molecule has 2 atom stereocenters. The Hall–Kier alpha value is -1.44. The number of phosphoric acid groups is 1. The Kier molecular flexibility index (Phi) is 41.6. The zero-order valence-corrected chi connectivity index (χ0v) is 36.1. The molecule has 54 heavy (non-hydrogen) atoms. The average molecular weight is 784 g/mol. The summed E-state index contributed by atoms with van der Waals surface area (Å²) in [4.78, 5) is 22.5. The third-order valence-electron chi connectivity index (χ3n) is 9.59. The second-order valence-electron chi connectivity index (χ2n) is 15.0. The van der Waals surface area contributed by atoms with E-state index in [2.05, 4.69) is 38.2 Å². The summed E-state index contributed by atoms with van der Waals surface area (Å²) < 4.78 is 33.2. The predicted octanol–water partition coefficient (Wildman–Crippen LogP) is 13.8. The summed E-state index contributed by atoms with van der Waals surface area (Å²) >= 11 is 0. The molecule has 3 N–H and O–H groups in total. The Bertz CT molecular complexity index is 926. The van der Waals surface area contributed by atoms with Crippen LogP contribution >= 0.6 is 7.82 Å². The third kappa shape index (κ3) is 41.7. The van der Waals surface area contributed by atoms with Crippen molar-refractivity contribution in [2.45, 2.75) is 219 Å². The first-order valence-electron chi connectivity index (χ1n) is 22.5. The molecule has 0 saturated heterocycles. The maximum Gasteiger partial charge on any atom is 0.472 e. The molecule has 9 heteroatoms. The molecule has 0 spiro atoms. The van der Waals surface area contributed by atoms with Gasteiger partial charge in [0, 0.05) is 13.0 Å². The number of carbonyl (C=O) groups is 1. The third-order valence-corrected chi connectivity index (χ3v) is 10.6. The summed E-state index contributed by atoms with van der Waals surface area (Å²) in [6, 6.07) is 0. The number of rotatable bonds is 43. The molecule has 0 bridgehead atoms. The predicted molar refractivity (Wildman–Crippen MR) is 229 cm³/mol. The normalized spacial score (nSPS) is 13.7. The number of esters is 1. The van der Waals surface area contributed by atoms with Gasteiger partial charge in [-0.05, 0) is 76.7 Å². The second kappa shape index (κ2) is 42.7. The highest BCUT2D eigenvalue weighted by Gasteiger charge is 2.25. The topological polar surface area (TPSA) is 117 Å². The minimum Gasteiger partial charge on any atom is -0.498 e. The van der Waals surface area contributed by atoms with Crippen molar-refractivity contribution in [1.82, 2.24) is 0 Å². The molecule has 0 amide bonds. The Morgan fingerprint density at radius 2 is 0.944 bits per heavy atom. The van der Waals surface area contributed by atoms with Crippen molar-refractivity contribution >= 4 is 13.8 Å². The Balaban J connectivity index is 4.06. The minimum absolute atomic E-state index is 0.0275. The number of phosphoric ester groups is 1. The molecule has 8 nitrogen and oxygen atoms in total. The number of hydrogen-bond donors (Lipinski definition) is 2. The fourth-order valence-corrected chi connectivity index (χ4v) is 7.01. The van der Waals surface area contributed by atoms with Gasteiger partial charge in [0.1, 0.15) is 6.61 Å². The highest BCUT2D eigenvalue weighted by atomic mass is 31.2. The Morgan fingerprint density at radius 1 is 0.556 bits per heavy atom. The van der Waals surface area contributed by atoms with Gasteiger partial charge in [-0.3, -0.25) is 13.8 Å². The highest BCUT2D eigenvalue weighted by molar-refractivity contribution is 7.47. The van der Waals surface area contributed by atoms with Crippen molar-refractivity contribution in [2.24, 2.45) is 5.73 Å². The lowest BCUT2D eigenvalue weighted by atomic mass is 10.1. The van der Waals surface area contributed by atoms with Gasteiger partial charge in [-0.2, -0.15) is 0 Å². The summed E-state index contributed by atoms with van der Waals surface area (Å²) in [5.74, 6) is -0.356. The van der Waals surface area contributed by atoms with Crippen LogP contribution < -0.4 is 5.73 Å². The summed E-state index contributed by atoms with van der Waals surface area (Å²) in [7, 11) is -4.29. The van der Waals surface area contributed by atoms with Crippen LogP contribution in [0.1, 0.15) is 213 Å². The fraction of sp³-hybridized carbons (Fsp3) is 0.844. The van der Waals surface area contributed by atoms with Gasteiger partial charge >= 0.3 is 13.8 Å². The molecule has 0 aliphatic heterocycles. The van der Waals surface area contributed by atoms with E-state index in [-0.39, 0.29) is 32.3 Å². The van der Waals surface area contributed by atoms with Crippen LogP contribution in [-0.2, 0) is 27.9 Å². The maximum atomic E-state index is 12.6. The van der Waals surface area contributed by atoms with Crippen molar-refractivity contribution in [3.63, 3.8) is 0 Å². The molecule has 318 valence electrons. The first-order chi connectivity index (χ1) is 26.4. The van der Waals surface area contributed by atoms with Crippen molar-refractivity contribution in [2.75, 3.05) is 26.4 Å². The monoisotopic (exact) mass is 784 g/mol. The van der Waals surface area contributed by atoms with E-state index in [4.69, 9.17) is 24.3 Å². The molecule has 0 rings (SSSR count). The van der Waals surface area contributed by atoms with Gasteiger partial charge in [-0.25, -0.2) is 4.57 Å². The second-order valence-corrected chi connectivity index (χ2v) is 16.4. The average Bonchev–Trinajstić information content (AvgIpc) is 3.16. The molecule has 0 aliphatic rings. The lowest BCUT2D eigenvalue weighted by Gasteiger charge is -2.19. The van der Waals surface area contributed by atoms with Crippen molar-refractivity contribution in [3.05, 3.63) is 36.6 Å². The molecule has 0 aromatic carbocycles. The van der Waals surface area contributed by atoms with Gasteiger partial charge in [0.25, 0.3) is 0 Å². The van der Waals surface area contributed by atoms with Crippen LogP contribution in [0.25, 0.3) is 0 Å². The molecule has 0 fully saturated rings. The van der Waals surface area contributed by atoms with E-state index in [1.165, 1.54) is 154 Å². The van der Waals surface area contributed by atoms with Gasteiger partial charge in [0.2, 0.25) is 0 Å². The van der Waals surface area contributed by atoms with Gasteiger partial charge in [-0.15, -0.1) is 0 Å². The van der Waals surface area contributed by atoms with Crippen molar-refractivity contribution in [3.8, 4) is 0 Å². The van der Waals surface area contributed by atoms with E-state index in [1.54, 1.807) is 6.26 Å². The lowest BCUT2D eigenvalue weighted by molar-refractivity contribution is -0.153. The number of ether oxygens (including phenoxy) is 2. The van der Waals surface area contributed by atoms with E-state index >= 15 is 0 Å². The molecule has 0 saturated carbocycles. The molecule has 0 radical (unpaired) electrons. The maximum absolute atomic E-state index is 12.6. The van der Waals surface area contributed by atoms with Crippen LogP contribution in [0.2, 0.25) is 0 Å². The van der Waals surface area contributed by atoms with E-state index in [1.807, 2.05) is 6.08 Å². The molecule has 1 unspecified atom stereocenters. The highest BCUT2D eigenvalue weighted by Crippen LogP contribution is 2.43. The Morgan fingerprint density at radius 3 is 1.37 bits per heavy atom. The van der Waals surface area contributed by atoms with Gasteiger partial charge in [0.15, 0.2) is 6.10 Å². The summed E-state index contributed by atoms with van der Waals surface area (Å²) in [5.41, 5.74) is 5.37. The zero-order chi connectivity index (χ0) is 39.5. The smallest absolute Gasteiger partial charge is 0.472 e. The minimum atomic E-state index is -4.29. The number of hydrogen-bond acceptors (Lipinski definition) is 7. The van der Waals surface area contributed by atoms with E-state index in [0.29, 0.717) is 6.42 Å². The Labute approximate surface area is 333 Å². The molecule has 0 aromatic rings. The molecular weight excluding hydrogens is 697 g/mol. The number of nitrogens with two attached hydrogens (primary N) is 1. The number of allylic oxidation sites excluding steroid dienone is 5. The summed E-state index contributed by atoms with van der Waals surface area (Å²) in [6.45, 7) is 4.23. The van der Waals surface area contributed by atoms with Crippen LogP contribution in [0.5, 0.6) is 0 Å². The largest absolute Gasteiger partial charge is 0.498 e. The fourth-order valence-electron chi connectivity index (χ4n) is 6.25. The zero-order valence-electron chi connectivity index (χ0n) is 35.2. The first-order valence-corrected chi connectivity index (χ1v) is 24.0. The number of unbranched alkanes of at least 4 members (excludes halogenated alkanes) is 26. The van der Waals surface area contributed by atoms with Crippen LogP contribution in [0, 0.1) is 0 Å². The van der Waals surface area contributed by atoms with Gasteiger partial charge < -0.3 is 20.1 Å². The quantitative estimate of drug-likeness (QED) is 0.0206. The van der Waals surface area contributed by atoms with Crippen molar-refractivity contribution < 1.29 is 32.8 Å². The lowest BCUT2D eigenvalue weighted by Crippen LogP contribution is -2.27. The molecule has 0 aromatic heterocycles. The van der Waals surface area contributed by atoms with Crippen LogP contribution in [-0.4, -0.2) is 43.3 Å². The van der Waals surface area contributed by atoms with E-state index < -0.39 is 13.9 Å². The van der Waals surface area contributed by atoms with Crippen LogP contribution in [0.3, 0.4) is 0 Å².